The lowest BCUT2D eigenvalue weighted by Gasteiger charge is -2.26. The van der Waals surface area contributed by atoms with E-state index in [1.54, 1.807) is 7.11 Å². The van der Waals surface area contributed by atoms with Crippen molar-refractivity contribution in [1.29, 1.82) is 0 Å². The summed E-state index contributed by atoms with van der Waals surface area (Å²) in [6, 6.07) is 34.2. The molecule has 2 nitrogen and oxygen atoms in total. The third kappa shape index (κ3) is 4.92. The van der Waals surface area contributed by atoms with Crippen LogP contribution in [0.15, 0.2) is 97.1 Å². The van der Waals surface area contributed by atoms with Crippen LogP contribution < -0.4 is 9.64 Å². The van der Waals surface area contributed by atoms with E-state index in [1.807, 2.05) is 18.2 Å². The van der Waals surface area contributed by atoms with Gasteiger partial charge in [0.05, 0.1) is 7.11 Å². The predicted octanol–water partition coefficient (Wildman–Crippen LogP) is 8.34. The molecule has 0 unspecified atom stereocenters. The summed E-state index contributed by atoms with van der Waals surface area (Å²) in [6.07, 6.45) is 2.19. The molecular weight excluding hydrogens is 390 g/mol. The number of methoxy groups -OCH3 is 1. The van der Waals surface area contributed by atoms with Crippen molar-refractivity contribution in [3.8, 4) is 5.75 Å². The third-order valence-corrected chi connectivity index (χ3v) is 5.64. The molecule has 0 amide bonds. The van der Waals surface area contributed by atoms with Crippen molar-refractivity contribution in [3.05, 3.63) is 119 Å². The molecule has 0 N–H and O–H groups in total. The summed E-state index contributed by atoms with van der Waals surface area (Å²) >= 11 is 0. The van der Waals surface area contributed by atoms with Crippen molar-refractivity contribution in [2.24, 2.45) is 0 Å². The van der Waals surface area contributed by atoms with Gasteiger partial charge in [-0.2, -0.15) is 0 Å². The Kier molecular flexibility index (Phi) is 6.42. The minimum Gasteiger partial charge on any atom is -0.497 e. The van der Waals surface area contributed by atoms with Gasteiger partial charge in [0.25, 0.3) is 0 Å². The monoisotopic (exact) mass is 419 g/mol. The fourth-order valence-corrected chi connectivity index (χ4v) is 3.77. The van der Waals surface area contributed by atoms with E-state index in [-0.39, 0.29) is 0 Å². The van der Waals surface area contributed by atoms with Gasteiger partial charge in [0.1, 0.15) is 5.75 Å². The van der Waals surface area contributed by atoms with Crippen LogP contribution in [0.3, 0.4) is 0 Å². The van der Waals surface area contributed by atoms with E-state index in [4.69, 9.17) is 4.74 Å². The molecule has 0 saturated heterocycles. The van der Waals surface area contributed by atoms with E-state index < -0.39 is 0 Å². The van der Waals surface area contributed by atoms with E-state index >= 15 is 0 Å². The zero-order valence-electron chi connectivity index (χ0n) is 19.2. The molecule has 0 aromatic heterocycles. The first kappa shape index (κ1) is 21.5. The second kappa shape index (κ2) is 9.57. The van der Waals surface area contributed by atoms with Crippen LogP contribution in [0.25, 0.3) is 11.6 Å². The first-order chi connectivity index (χ1) is 15.5. The van der Waals surface area contributed by atoms with Crippen LogP contribution in [0.2, 0.25) is 0 Å². The lowest BCUT2D eigenvalue weighted by Crippen LogP contribution is -2.09. The van der Waals surface area contributed by atoms with Crippen LogP contribution in [0.4, 0.5) is 17.1 Å². The maximum atomic E-state index is 5.35. The van der Waals surface area contributed by atoms with Gasteiger partial charge in [0.2, 0.25) is 0 Å². The second-order valence-electron chi connectivity index (χ2n) is 8.16. The Morgan fingerprint density at radius 2 is 1.19 bits per heavy atom. The number of hydrogen-bond acceptors (Lipinski definition) is 2. The maximum absolute atomic E-state index is 5.35. The molecule has 160 valence electrons. The van der Waals surface area contributed by atoms with Crippen LogP contribution in [0.5, 0.6) is 5.75 Å². The van der Waals surface area contributed by atoms with Gasteiger partial charge in [-0.15, -0.1) is 0 Å². The van der Waals surface area contributed by atoms with Crippen LogP contribution in [0, 0.1) is 13.8 Å². The summed E-state index contributed by atoms with van der Waals surface area (Å²) < 4.78 is 5.35. The van der Waals surface area contributed by atoms with Crippen LogP contribution in [-0.4, -0.2) is 7.11 Å². The van der Waals surface area contributed by atoms with Gasteiger partial charge in [-0.3, -0.25) is 0 Å². The number of anilines is 3. The minimum atomic E-state index is 0.869. The molecule has 0 fully saturated rings. The quantitative estimate of drug-likeness (QED) is 0.291. The number of aryl methyl sites for hydroxylation is 2. The zero-order chi connectivity index (χ0) is 22.5. The summed E-state index contributed by atoms with van der Waals surface area (Å²) in [5, 5.41) is 0. The van der Waals surface area contributed by atoms with Gasteiger partial charge >= 0.3 is 0 Å². The molecule has 0 aliphatic rings. The summed E-state index contributed by atoms with van der Waals surface area (Å²) in [5.74, 6) is 0.869. The van der Waals surface area contributed by atoms with Crippen LogP contribution in [0.1, 0.15) is 29.2 Å². The Bertz CT molecular complexity index is 1160. The smallest absolute Gasteiger partial charge is 0.119 e. The average molecular weight is 420 g/mol. The van der Waals surface area contributed by atoms with Gasteiger partial charge in [-0.05, 0) is 86.0 Å². The van der Waals surface area contributed by atoms with Gasteiger partial charge < -0.3 is 9.64 Å². The number of hydrogen-bond donors (Lipinski definition) is 0. The predicted molar refractivity (Wildman–Crippen MR) is 137 cm³/mol. The molecule has 2 heteroatoms. The highest BCUT2D eigenvalue weighted by Crippen LogP contribution is 2.35. The largest absolute Gasteiger partial charge is 0.497 e. The first-order valence-corrected chi connectivity index (χ1v) is 10.9. The molecule has 0 radical (unpaired) electrons. The molecule has 0 aliphatic carbocycles. The highest BCUT2D eigenvalue weighted by Gasteiger charge is 2.12. The molecule has 0 atom stereocenters. The minimum absolute atomic E-state index is 0.869. The summed E-state index contributed by atoms with van der Waals surface area (Å²) in [5.41, 5.74) is 9.48. The Balaban J connectivity index is 1.68. The van der Waals surface area contributed by atoms with Crippen molar-refractivity contribution in [3.63, 3.8) is 0 Å². The van der Waals surface area contributed by atoms with Gasteiger partial charge in [0, 0.05) is 17.1 Å². The highest BCUT2D eigenvalue weighted by atomic mass is 16.5. The molecule has 4 aromatic carbocycles. The summed E-state index contributed by atoms with van der Waals surface area (Å²) in [6.45, 7) is 6.38. The normalized spacial score (nSPS) is 11.3. The van der Waals surface area contributed by atoms with E-state index in [9.17, 15) is 0 Å². The SMILES string of the molecule is COc1cccc(/C=C(/C)c2ccc(N(c3ccc(C)cc3)c3ccc(C)cc3)cc2)c1. The Hall–Kier alpha value is -3.78. The molecule has 0 spiro atoms. The number of allylic oxidation sites excluding steroid dienone is 1. The number of nitrogens with zero attached hydrogens (tertiary/aromatic N) is 1. The lowest BCUT2D eigenvalue weighted by molar-refractivity contribution is 0.414. The molecule has 0 saturated carbocycles. The van der Waals surface area contributed by atoms with Gasteiger partial charge in [0.15, 0.2) is 0 Å². The molecule has 4 aromatic rings. The fraction of sp³-hybridized carbons (Fsp3) is 0.133. The first-order valence-electron chi connectivity index (χ1n) is 10.9. The van der Waals surface area contributed by atoms with Crippen LogP contribution >= 0.6 is 0 Å². The van der Waals surface area contributed by atoms with E-state index in [2.05, 4.69) is 111 Å². The molecule has 0 aliphatic heterocycles. The average Bonchev–Trinajstić information content (AvgIpc) is 2.82. The number of rotatable bonds is 6. The Morgan fingerprint density at radius 3 is 1.69 bits per heavy atom. The highest BCUT2D eigenvalue weighted by molar-refractivity contribution is 5.82. The zero-order valence-corrected chi connectivity index (χ0v) is 19.2. The van der Waals surface area contributed by atoms with Gasteiger partial charge in [-0.25, -0.2) is 0 Å². The lowest BCUT2D eigenvalue weighted by atomic mass is 10.0. The van der Waals surface area contributed by atoms with E-state index in [1.165, 1.54) is 22.3 Å². The standard InChI is InChI=1S/C30H29NO/c1-22-8-14-27(15-9-22)31(28-16-10-23(2)11-17-28)29-18-12-26(13-19-29)24(3)20-25-6-5-7-30(21-25)32-4/h5-21H,1-4H3/b24-20-. The van der Waals surface area contributed by atoms with E-state index in [0.717, 1.165) is 28.4 Å². The van der Waals surface area contributed by atoms with Crippen LogP contribution in [-0.2, 0) is 0 Å². The van der Waals surface area contributed by atoms with Crippen molar-refractivity contribution in [2.75, 3.05) is 12.0 Å². The fourth-order valence-electron chi connectivity index (χ4n) is 3.77. The van der Waals surface area contributed by atoms with Crippen molar-refractivity contribution in [2.45, 2.75) is 20.8 Å². The van der Waals surface area contributed by atoms with Crippen molar-refractivity contribution >= 4 is 28.7 Å². The summed E-state index contributed by atoms with van der Waals surface area (Å²) in [7, 11) is 1.70. The topological polar surface area (TPSA) is 12.5 Å². The van der Waals surface area contributed by atoms with Crippen molar-refractivity contribution in [1.82, 2.24) is 0 Å². The van der Waals surface area contributed by atoms with Crippen molar-refractivity contribution < 1.29 is 4.74 Å². The second-order valence-corrected chi connectivity index (χ2v) is 8.16. The number of benzene rings is 4. The molecule has 4 rings (SSSR count). The molecule has 0 heterocycles. The molecule has 0 bridgehead atoms. The Labute approximate surface area is 191 Å². The molecular formula is C30H29NO. The molecule has 32 heavy (non-hydrogen) atoms. The van der Waals surface area contributed by atoms with Gasteiger partial charge in [-0.1, -0.05) is 65.7 Å². The summed E-state index contributed by atoms with van der Waals surface area (Å²) in [4.78, 5) is 2.30. The van der Waals surface area contributed by atoms with E-state index in [0.29, 0.717) is 0 Å². The Morgan fingerprint density at radius 1 is 0.688 bits per heavy atom. The number of ether oxygens (including phenoxy) is 1. The maximum Gasteiger partial charge on any atom is 0.119 e. The third-order valence-electron chi connectivity index (χ3n) is 5.64.